The van der Waals surface area contributed by atoms with Crippen LogP contribution in [0, 0.1) is 28.6 Å². The second kappa shape index (κ2) is 12.7. The van der Waals surface area contributed by atoms with E-state index in [0.29, 0.717) is 48.1 Å². The van der Waals surface area contributed by atoms with Gasteiger partial charge < -0.3 is 19.3 Å². The monoisotopic (exact) mass is 714 g/mol. The quantitative estimate of drug-likeness (QED) is 0.227. The molecule has 1 N–H and O–H groups in total. The molecular weight excluding hydrogens is 678 g/mol. The Labute approximate surface area is 292 Å². The zero-order valence-electron chi connectivity index (χ0n) is 27.5. The molecule has 49 heavy (non-hydrogen) atoms. The first-order valence-electron chi connectivity index (χ1n) is 16.1. The van der Waals surface area contributed by atoms with Crippen molar-refractivity contribution in [3.05, 3.63) is 76.9 Å². The number of hydrogen-bond donors (Lipinski definition) is 1. The van der Waals surface area contributed by atoms with Gasteiger partial charge in [0.15, 0.2) is 17.1 Å². The van der Waals surface area contributed by atoms with Gasteiger partial charge in [-0.05, 0) is 98.8 Å². The SMILES string of the molecule is CC(=O)Oc1ccc(Oc2ccc(C(=O)O[C@]3(C(=O)SCF)[C@H](C)C[C@H]4[C@@H]5CCC6=CC(=O)C=C[C@]6(C)[C@@]5(F)[C@@H](O)C[C@@]43C)cc2)cc1Cl. The van der Waals surface area contributed by atoms with E-state index in [4.69, 9.17) is 25.8 Å². The first-order valence-corrected chi connectivity index (χ1v) is 17.5. The largest absolute Gasteiger partial charge is 0.457 e. The number of aliphatic hydroxyl groups excluding tert-OH is 1. The molecule has 0 radical (unpaired) electrons. The number of halogens is 3. The van der Waals surface area contributed by atoms with Crippen molar-refractivity contribution in [1.82, 2.24) is 0 Å². The predicted molar refractivity (Wildman–Crippen MR) is 179 cm³/mol. The van der Waals surface area contributed by atoms with Crippen LogP contribution in [0.5, 0.6) is 17.2 Å². The Morgan fingerprint density at radius 3 is 2.43 bits per heavy atom. The molecule has 0 bridgehead atoms. The summed E-state index contributed by atoms with van der Waals surface area (Å²) in [5.41, 5.74) is -5.74. The number of thioether (sulfide) groups is 1. The number of aliphatic hydroxyl groups is 1. The van der Waals surface area contributed by atoms with Crippen molar-refractivity contribution in [2.24, 2.45) is 28.6 Å². The summed E-state index contributed by atoms with van der Waals surface area (Å²) in [5, 5.41) is 11.2. The minimum atomic E-state index is -2.14. The van der Waals surface area contributed by atoms with Crippen molar-refractivity contribution in [3.63, 3.8) is 0 Å². The molecule has 0 heterocycles. The fraction of sp³-hybridized carbons (Fsp3) is 0.459. The second-order valence-corrected chi connectivity index (χ2v) is 15.2. The van der Waals surface area contributed by atoms with Gasteiger partial charge in [-0.3, -0.25) is 14.4 Å². The van der Waals surface area contributed by atoms with E-state index < -0.39 is 69.0 Å². The molecule has 0 amide bonds. The van der Waals surface area contributed by atoms with Gasteiger partial charge in [0, 0.05) is 35.7 Å². The van der Waals surface area contributed by atoms with E-state index in [1.165, 1.54) is 55.5 Å². The molecule has 0 unspecified atom stereocenters. The van der Waals surface area contributed by atoms with Crippen LogP contribution >= 0.6 is 23.4 Å². The lowest BCUT2D eigenvalue weighted by molar-refractivity contribution is -0.216. The van der Waals surface area contributed by atoms with Crippen molar-refractivity contribution < 1.29 is 47.3 Å². The van der Waals surface area contributed by atoms with E-state index in [0.717, 1.165) is 0 Å². The molecule has 0 aromatic heterocycles. The number of ether oxygens (including phenoxy) is 3. The van der Waals surface area contributed by atoms with Crippen LogP contribution in [-0.2, 0) is 19.1 Å². The van der Waals surface area contributed by atoms with Crippen LogP contribution in [0.4, 0.5) is 8.78 Å². The summed E-state index contributed by atoms with van der Waals surface area (Å²) in [7, 11) is 0. The lowest BCUT2D eigenvalue weighted by Crippen LogP contribution is -2.69. The van der Waals surface area contributed by atoms with Gasteiger partial charge in [0.2, 0.25) is 5.12 Å². The maximum absolute atomic E-state index is 17.7. The van der Waals surface area contributed by atoms with Crippen LogP contribution in [0.15, 0.2) is 66.3 Å². The molecule has 3 fully saturated rings. The van der Waals surface area contributed by atoms with Crippen LogP contribution in [0.3, 0.4) is 0 Å². The normalized spacial score (nSPS) is 34.6. The summed E-state index contributed by atoms with van der Waals surface area (Å²) in [6, 6.07) is 9.43. The molecule has 8 nitrogen and oxygen atoms in total. The number of fused-ring (bicyclic) bond motifs is 5. The average molecular weight is 715 g/mol. The molecule has 4 aliphatic rings. The first-order chi connectivity index (χ1) is 23.1. The highest BCUT2D eigenvalue weighted by atomic mass is 35.5. The summed E-state index contributed by atoms with van der Waals surface area (Å²) in [6.45, 7) is 6.46. The minimum absolute atomic E-state index is 0.0976. The summed E-state index contributed by atoms with van der Waals surface area (Å²) in [6.07, 6.45) is 3.65. The second-order valence-electron chi connectivity index (χ2n) is 13.9. The number of allylic oxidation sites excluding steroid dienone is 4. The number of rotatable bonds is 7. The fourth-order valence-corrected chi connectivity index (χ4v) is 10.2. The maximum Gasteiger partial charge on any atom is 0.339 e. The molecule has 2 aromatic carbocycles. The predicted octanol–water partition coefficient (Wildman–Crippen LogP) is 7.76. The Morgan fingerprint density at radius 2 is 1.78 bits per heavy atom. The van der Waals surface area contributed by atoms with E-state index in [2.05, 4.69) is 0 Å². The van der Waals surface area contributed by atoms with Crippen molar-refractivity contribution in [2.75, 3.05) is 6.01 Å². The maximum atomic E-state index is 17.7. The van der Waals surface area contributed by atoms with Gasteiger partial charge in [0.1, 0.15) is 23.3 Å². The molecule has 0 spiro atoms. The number of ketones is 1. The Bertz CT molecular complexity index is 1780. The van der Waals surface area contributed by atoms with Gasteiger partial charge in [-0.2, -0.15) is 0 Å². The molecule has 12 heteroatoms. The summed E-state index contributed by atoms with van der Waals surface area (Å²) in [5.74, 6) is -2.55. The van der Waals surface area contributed by atoms with Gasteiger partial charge in [-0.25, -0.2) is 13.6 Å². The summed E-state index contributed by atoms with van der Waals surface area (Å²) in [4.78, 5) is 51.3. The molecule has 260 valence electrons. The van der Waals surface area contributed by atoms with E-state index in [9.17, 15) is 28.7 Å². The number of hydrogen-bond acceptors (Lipinski definition) is 9. The van der Waals surface area contributed by atoms with Gasteiger partial charge in [0.05, 0.1) is 16.7 Å². The van der Waals surface area contributed by atoms with E-state index in [-0.39, 0.29) is 28.5 Å². The lowest BCUT2D eigenvalue weighted by atomic mass is 9.45. The zero-order chi connectivity index (χ0) is 35.5. The van der Waals surface area contributed by atoms with Crippen LogP contribution in [-0.4, -0.2) is 51.3 Å². The molecular formula is C37H37ClF2O8S. The first kappa shape index (κ1) is 35.3. The smallest absolute Gasteiger partial charge is 0.339 e. The standard InChI is InChI=1S/C37H37ClF2O8S/c1-20-15-28-27-11-7-23-16-24(42)13-14-34(23,3)36(27,40)31(43)18-35(28,4)37(20,33(45)49-19-39)48-32(44)22-5-8-25(9-6-22)47-26-10-12-30(29(38)17-26)46-21(2)41/h5-6,8-10,12-14,16-17,20,27-28,31,43H,7,11,15,18-19H2,1-4H3/t20-,27+,28+,31+,34+,35+,36+,37+/m1/s1. The highest BCUT2D eigenvalue weighted by molar-refractivity contribution is 8.13. The summed E-state index contributed by atoms with van der Waals surface area (Å²) < 4.78 is 48.6. The van der Waals surface area contributed by atoms with Crippen molar-refractivity contribution in [2.45, 2.75) is 70.8 Å². The third-order valence-electron chi connectivity index (χ3n) is 11.4. The van der Waals surface area contributed by atoms with Crippen molar-refractivity contribution >= 4 is 46.2 Å². The van der Waals surface area contributed by atoms with E-state index in [1.807, 2.05) is 0 Å². The topological polar surface area (TPSA) is 116 Å². The summed E-state index contributed by atoms with van der Waals surface area (Å²) >= 11 is 6.60. The van der Waals surface area contributed by atoms with Crippen LogP contribution in [0.2, 0.25) is 5.02 Å². The van der Waals surface area contributed by atoms with Gasteiger partial charge in [-0.15, -0.1) is 0 Å². The molecule has 8 atom stereocenters. The van der Waals surface area contributed by atoms with Crippen molar-refractivity contribution in [1.29, 1.82) is 0 Å². The molecule has 0 aliphatic heterocycles. The number of esters is 2. The zero-order valence-corrected chi connectivity index (χ0v) is 29.0. The van der Waals surface area contributed by atoms with Gasteiger partial charge in [0.25, 0.3) is 0 Å². The van der Waals surface area contributed by atoms with E-state index in [1.54, 1.807) is 32.9 Å². The third-order valence-corrected chi connectivity index (χ3v) is 12.4. The number of carbonyl (C=O) groups is 4. The third kappa shape index (κ3) is 5.43. The van der Waals surface area contributed by atoms with Crippen LogP contribution in [0.1, 0.15) is 63.7 Å². The lowest BCUT2D eigenvalue weighted by Gasteiger charge is -2.62. The highest BCUT2D eigenvalue weighted by Gasteiger charge is 2.77. The number of alkyl halides is 2. The highest BCUT2D eigenvalue weighted by Crippen LogP contribution is 2.72. The average Bonchev–Trinajstić information content (AvgIpc) is 3.26. The molecule has 2 aromatic rings. The fourth-order valence-electron chi connectivity index (χ4n) is 9.16. The number of benzene rings is 2. The Hall–Kier alpha value is -3.54. The van der Waals surface area contributed by atoms with Crippen LogP contribution in [0.25, 0.3) is 0 Å². The minimum Gasteiger partial charge on any atom is -0.457 e. The molecule has 4 aliphatic carbocycles. The van der Waals surface area contributed by atoms with Gasteiger partial charge >= 0.3 is 11.9 Å². The van der Waals surface area contributed by atoms with Gasteiger partial charge in [-0.1, -0.05) is 37.1 Å². The Morgan fingerprint density at radius 1 is 1.08 bits per heavy atom. The Balaban J connectivity index is 1.29. The number of carbonyl (C=O) groups excluding carboxylic acids is 4. The molecule has 3 saturated carbocycles. The van der Waals surface area contributed by atoms with E-state index >= 15 is 4.39 Å². The van der Waals surface area contributed by atoms with Crippen molar-refractivity contribution in [3.8, 4) is 17.2 Å². The molecule has 6 rings (SSSR count). The van der Waals surface area contributed by atoms with Crippen LogP contribution < -0.4 is 9.47 Å². The Kier molecular flexibility index (Phi) is 9.11. The molecule has 0 saturated heterocycles.